The van der Waals surface area contributed by atoms with Crippen molar-refractivity contribution in [3.63, 3.8) is 0 Å². The third-order valence-electron chi connectivity index (χ3n) is 2.93. The third-order valence-corrected chi connectivity index (χ3v) is 2.93. The fourth-order valence-electron chi connectivity index (χ4n) is 1.96. The van der Waals surface area contributed by atoms with Gasteiger partial charge in [0.1, 0.15) is 5.75 Å². The van der Waals surface area contributed by atoms with E-state index in [0.29, 0.717) is 19.1 Å². The van der Waals surface area contributed by atoms with Gasteiger partial charge in [0.15, 0.2) is 0 Å². The Morgan fingerprint density at radius 2 is 2.21 bits per heavy atom. The highest BCUT2D eigenvalue weighted by molar-refractivity contribution is 5.43. The number of benzene rings is 1. The third kappa shape index (κ3) is 4.87. The smallest absolute Gasteiger partial charge is 0.270 e. The molecular weight excluding hydrogens is 244 g/mol. The molecule has 1 rings (SSSR count). The summed E-state index contributed by atoms with van der Waals surface area (Å²) in [6, 6.07) is 4.73. The Balaban J connectivity index is 2.78. The van der Waals surface area contributed by atoms with Crippen LogP contribution in [0.4, 0.5) is 5.69 Å². The van der Waals surface area contributed by atoms with E-state index in [0.717, 1.165) is 24.2 Å². The van der Waals surface area contributed by atoms with Gasteiger partial charge in [0.25, 0.3) is 5.69 Å². The highest BCUT2D eigenvalue weighted by Gasteiger charge is 2.12. The van der Waals surface area contributed by atoms with E-state index in [-0.39, 0.29) is 10.6 Å². The van der Waals surface area contributed by atoms with Crippen LogP contribution in [0.2, 0.25) is 0 Å². The van der Waals surface area contributed by atoms with E-state index >= 15 is 0 Å². The molecule has 1 aromatic rings. The first-order chi connectivity index (χ1) is 9.08. The Bertz CT molecular complexity index is 421. The lowest BCUT2D eigenvalue weighted by Crippen LogP contribution is -2.12. The van der Waals surface area contributed by atoms with Crippen LogP contribution in [0.25, 0.3) is 0 Å². The van der Waals surface area contributed by atoms with E-state index in [4.69, 9.17) is 4.74 Å². The highest BCUT2D eigenvalue weighted by Crippen LogP contribution is 2.25. The van der Waals surface area contributed by atoms with Crippen molar-refractivity contribution in [1.82, 2.24) is 5.32 Å². The molecule has 0 amide bonds. The van der Waals surface area contributed by atoms with E-state index in [9.17, 15) is 10.1 Å². The number of hydrogen-bond acceptors (Lipinski definition) is 4. The maximum atomic E-state index is 10.8. The lowest BCUT2D eigenvalue weighted by molar-refractivity contribution is -0.384. The fraction of sp³-hybridized carbons (Fsp3) is 0.571. The van der Waals surface area contributed by atoms with Gasteiger partial charge in [0.05, 0.1) is 11.5 Å². The van der Waals surface area contributed by atoms with Crippen molar-refractivity contribution in [3.8, 4) is 5.75 Å². The molecule has 0 aliphatic rings. The quantitative estimate of drug-likeness (QED) is 0.580. The number of non-ortho nitro benzene ring substituents is 1. The predicted molar refractivity (Wildman–Crippen MR) is 75.4 cm³/mol. The summed E-state index contributed by atoms with van der Waals surface area (Å²) in [7, 11) is 1.81. The van der Waals surface area contributed by atoms with Crippen molar-refractivity contribution in [3.05, 3.63) is 33.9 Å². The molecule has 0 aromatic heterocycles. The Kier molecular flexibility index (Phi) is 6.29. The van der Waals surface area contributed by atoms with E-state index in [1.807, 2.05) is 7.05 Å². The summed E-state index contributed by atoms with van der Waals surface area (Å²) in [6.07, 6.45) is 2.25. The first kappa shape index (κ1) is 15.4. The number of ether oxygens (including phenoxy) is 1. The normalized spacial score (nSPS) is 12.2. The molecule has 0 aliphatic carbocycles. The summed E-state index contributed by atoms with van der Waals surface area (Å²) in [5.41, 5.74) is 0.916. The van der Waals surface area contributed by atoms with Gasteiger partial charge in [-0.15, -0.1) is 0 Å². The van der Waals surface area contributed by atoms with Crippen LogP contribution in [0.3, 0.4) is 0 Å². The average Bonchev–Trinajstić information content (AvgIpc) is 2.37. The van der Waals surface area contributed by atoms with E-state index in [1.54, 1.807) is 12.1 Å². The molecule has 0 bridgehead atoms. The van der Waals surface area contributed by atoms with Gasteiger partial charge in [0, 0.05) is 24.2 Å². The Morgan fingerprint density at radius 3 is 2.79 bits per heavy atom. The second-order valence-electron chi connectivity index (χ2n) is 4.78. The molecule has 0 radical (unpaired) electrons. The maximum absolute atomic E-state index is 10.8. The largest absolute Gasteiger partial charge is 0.493 e. The van der Waals surface area contributed by atoms with Gasteiger partial charge < -0.3 is 10.1 Å². The summed E-state index contributed by atoms with van der Waals surface area (Å²) in [5, 5.41) is 13.8. The minimum Gasteiger partial charge on any atom is -0.493 e. The van der Waals surface area contributed by atoms with Crippen LogP contribution in [0.5, 0.6) is 5.75 Å². The fourth-order valence-corrected chi connectivity index (χ4v) is 1.96. The van der Waals surface area contributed by atoms with Crippen molar-refractivity contribution in [2.45, 2.75) is 33.2 Å². The molecule has 0 saturated heterocycles. The summed E-state index contributed by atoms with van der Waals surface area (Å²) in [4.78, 5) is 10.4. The number of nitro groups is 1. The second-order valence-corrected chi connectivity index (χ2v) is 4.78. The summed E-state index contributed by atoms with van der Waals surface area (Å²) < 4.78 is 5.78. The number of rotatable bonds is 8. The monoisotopic (exact) mass is 266 g/mol. The highest BCUT2D eigenvalue weighted by atomic mass is 16.6. The molecule has 106 valence electrons. The molecule has 1 N–H and O–H groups in total. The minimum absolute atomic E-state index is 0.0965. The Hall–Kier alpha value is -1.62. The zero-order chi connectivity index (χ0) is 14.3. The zero-order valence-corrected chi connectivity index (χ0v) is 11.8. The topological polar surface area (TPSA) is 64.4 Å². The molecule has 19 heavy (non-hydrogen) atoms. The van der Waals surface area contributed by atoms with Gasteiger partial charge >= 0.3 is 0 Å². The van der Waals surface area contributed by atoms with Crippen molar-refractivity contribution in [1.29, 1.82) is 0 Å². The van der Waals surface area contributed by atoms with Gasteiger partial charge in [-0.25, -0.2) is 0 Å². The van der Waals surface area contributed by atoms with Crippen LogP contribution in [0, 0.1) is 16.0 Å². The van der Waals surface area contributed by atoms with Crippen molar-refractivity contribution >= 4 is 5.69 Å². The van der Waals surface area contributed by atoms with Crippen LogP contribution in [0.15, 0.2) is 18.2 Å². The summed E-state index contributed by atoms with van der Waals surface area (Å²) >= 11 is 0. The van der Waals surface area contributed by atoms with Gasteiger partial charge in [-0.05, 0) is 25.5 Å². The van der Waals surface area contributed by atoms with Gasteiger partial charge in [0.2, 0.25) is 0 Å². The Labute approximate surface area is 114 Å². The lowest BCUT2D eigenvalue weighted by Gasteiger charge is -2.15. The molecule has 5 heteroatoms. The van der Waals surface area contributed by atoms with Crippen molar-refractivity contribution in [2.75, 3.05) is 13.7 Å². The molecule has 1 atom stereocenters. The number of nitro benzene ring substituents is 1. The summed E-state index contributed by atoms with van der Waals surface area (Å²) in [6.45, 7) is 5.49. The van der Waals surface area contributed by atoms with Crippen LogP contribution in [0.1, 0.15) is 32.3 Å². The van der Waals surface area contributed by atoms with Crippen LogP contribution >= 0.6 is 0 Å². The van der Waals surface area contributed by atoms with Crippen LogP contribution in [-0.2, 0) is 6.54 Å². The van der Waals surface area contributed by atoms with Gasteiger partial charge in [-0.1, -0.05) is 20.3 Å². The number of nitrogens with zero attached hydrogens (tertiary/aromatic N) is 1. The first-order valence-corrected chi connectivity index (χ1v) is 6.63. The predicted octanol–water partition coefficient (Wildman–Crippen LogP) is 3.13. The van der Waals surface area contributed by atoms with Crippen molar-refractivity contribution < 1.29 is 9.66 Å². The lowest BCUT2D eigenvalue weighted by atomic mass is 10.1. The maximum Gasteiger partial charge on any atom is 0.270 e. The molecule has 0 spiro atoms. The number of nitrogens with one attached hydrogen (secondary N) is 1. The minimum atomic E-state index is -0.386. The molecule has 5 nitrogen and oxygen atoms in total. The molecule has 0 fully saturated rings. The van der Waals surface area contributed by atoms with E-state index < -0.39 is 0 Å². The SMILES string of the molecule is CCCC(C)COc1ccc([N+](=O)[O-])cc1CNC. The molecule has 0 saturated carbocycles. The van der Waals surface area contributed by atoms with Crippen LogP contribution < -0.4 is 10.1 Å². The molecule has 1 aromatic carbocycles. The average molecular weight is 266 g/mol. The summed E-state index contributed by atoms with van der Waals surface area (Å²) in [5.74, 6) is 1.21. The number of hydrogen-bond donors (Lipinski definition) is 1. The van der Waals surface area contributed by atoms with Crippen molar-refractivity contribution in [2.24, 2.45) is 5.92 Å². The Morgan fingerprint density at radius 1 is 1.47 bits per heavy atom. The van der Waals surface area contributed by atoms with Gasteiger partial charge in [-0.3, -0.25) is 10.1 Å². The molecular formula is C14H22N2O3. The zero-order valence-electron chi connectivity index (χ0n) is 11.8. The van der Waals surface area contributed by atoms with E-state index in [1.165, 1.54) is 6.07 Å². The molecule has 1 unspecified atom stereocenters. The second kappa shape index (κ2) is 7.74. The molecule has 0 aliphatic heterocycles. The van der Waals surface area contributed by atoms with E-state index in [2.05, 4.69) is 19.2 Å². The first-order valence-electron chi connectivity index (χ1n) is 6.63. The molecule has 0 heterocycles. The van der Waals surface area contributed by atoms with Gasteiger partial charge in [-0.2, -0.15) is 0 Å². The van der Waals surface area contributed by atoms with Crippen LogP contribution in [-0.4, -0.2) is 18.6 Å². The standard InChI is InChI=1S/C14H22N2O3/c1-4-5-11(2)10-19-14-7-6-13(16(17)18)8-12(14)9-15-3/h6-8,11,15H,4-5,9-10H2,1-3H3.